The van der Waals surface area contributed by atoms with Crippen LogP contribution in [0.5, 0.6) is 5.75 Å². The van der Waals surface area contributed by atoms with Crippen LogP contribution in [0.2, 0.25) is 5.02 Å². The van der Waals surface area contributed by atoms with Crippen LogP contribution >= 0.6 is 11.6 Å². The number of hydrogen-bond donors (Lipinski definition) is 5. The Balaban J connectivity index is 1.83. The smallest absolute Gasteiger partial charge is 0.305 e. The summed E-state index contributed by atoms with van der Waals surface area (Å²) in [4.78, 5) is 31.0. The maximum Gasteiger partial charge on any atom is 0.305 e. The van der Waals surface area contributed by atoms with Gasteiger partial charge in [-0.25, -0.2) is 9.37 Å². The van der Waals surface area contributed by atoms with Crippen molar-refractivity contribution in [3.8, 4) is 16.9 Å². The maximum atomic E-state index is 16.2. The number of halogens is 2. The van der Waals surface area contributed by atoms with E-state index in [1.165, 1.54) is 12.1 Å². The average molecular weight is 524 g/mol. The second-order valence-electron chi connectivity index (χ2n) is 8.05. The molecule has 1 amide bonds. The molecule has 190 valence electrons. The summed E-state index contributed by atoms with van der Waals surface area (Å²) in [5.74, 6) is -1.89. The van der Waals surface area contributed by atoms with Gasteiger partial charge in [0.1, 0.15) is 17.1 Å². The number of benzene rings is 3. The van der Waals surface area contributed by atoms with Gasteiger partial charge >= 0.3 is 5.97 Å². The topological polar surface area (TPSA) is 136 Å². The lowest BCUT2D eigenvalue weighted by Crippen LogP contribution is -2.27. The molecule has 0 saturated heterocycles. The standard InChI is InChI=1S/C26H23ClFN5O4/c1-2-20(35)29-9-10-30-25-18-13-19(27)22(17-12-15(34)11-14-5-3-4-6-16(14)17)23(28)24(18)32-26(33-25)31-8-7-21(36)37/h2-6,11-13,34H,1,7-10H2,(H,29,35)(H,36,37)(H2,30,31,32,33). The number of nitrogens with zero attached hydrogens (tertiary/aromatic N) is 2. The van der Waals surface area contributed by atoms with Crippen LogP contribution in [0, 0.1) is 5.82 Å². The van der Waals surface area contributed by atoms with Crippen molar-refractivity contribution in [3.63, 3.8) is 0 Å². The van der Waals surface area contributed by atoms with Crippen LogP contribution in [-0.2, 0) is 9.59 Å². The first-order chi connectivity index (χ1) is 17.8. The van der Waals surface area contributed by atoms with Gasteiger partial charge < -0.3 is 26.2 Å². The zero-order valence-electron chi connectivity index (χ0n) is 19.5. The minimum Gasteiger partial charge on any atom is -0.508 e. The van der Waals surface area contributed by atoms with E-state index < -0.39 is 11.8 Å². The van der Waals surface area contributed by atoms with Gasteiger partial charge in [0.05, 0.1) is 11.4 Å². The minimum absolute atomic E-state index is 0.0133. The van der Waals surface area contributed by atoms with E-state index in [0.717, 1.165) is 6.08 Å². The van der Waals surface area contributed by atoms with Crippen molar-refractivity contribution in [2.75, 3.05) is 30.3 Å². The quantitative estimate of drug-likeness (QED) is 0.151. The second kappa shape index (κ2) is 11.1. The highest BCUT2D eigenvalue weighted by atomic mass is 35.5. The monoisotopic (exact) mass is 523 g/mol. The number of nitrogens with one attached hydrogen (secondary N) is 3. The van der Waals surface area contributed by atoms with Crippen LogP contribution < -0.4 is 16.0 Å². The number of carboxylic acids is 1. The highest BCUT2D eigenvalue weighted by Gasteiger charge is 2.21. The normalized spacial score (nSPS) is 10.9. The number of phenolic OH excluding ortho intramolecular Hbond substituents is 1. The molecule has 4 aromatic rings. The van der Waals surface area contributed by atoms with Crippen molar-refractivity contribution < 1.29 is 24.2 Å². The lowest BCUT2D eigenvalue weighted by atomic mass is 9.96. The van der Waals surface area contributed by atoms with Crippen molar-refractivity contribution in [1.82, 2.24) is 15.3 Å². The van der Waals surface area contributed by atoms with Crippen molar-refractivity contribution in [3.05, 3.63) is 66.0 Å². The van der Waals surface area contributed by atoms with Gasteiger partial charge in [0, 0.05) is 30.6 Å². The maximum absolute atomic E-state index is 16.2. The number of carbonyl (C=O) groups is 2. The van der Waals surface area contributed by atoms with Crippen LogP contribution in [0.15, 0.2) is 55.1 Å². The Hall–Kier alpha value is -4.44. The van der Waals surface area contributed by atoms with Crippen LogP contribution in [-0.4, -0.2) is 51.7 Å². The first-order valence-electron chi connectivity index (χ1n) is 11.3. The summed E-state index contributed by atoms with van der Waals surface area (Å²) in [6.45, 7) is 3.90. The summed E-state index contributed by atoms with van der Waals surface area (Å²) >= 11 is 6.59. The van der Waals surface area contributed by atoms with Crippen molar-refractivity contribution >= 4 is 56.9 Å². The molecule has 1 heterocycles. The molecule has 3 aromatic carbocycles. The Bertz CT molecular complexity index is 1530. The third-order valence-corrected chi connectivity index (χ3v) is 5.82. The Morgan fingerprint density at radius 2 is 1.84 bits per heavy atom. The molecule has 0 aliphatic heterocycles. The molecular weight excluding hydrogens is 501 g/mol. The number of anilines is 2. The number of aliphatic carboxylic acids is 1. The van der Waals surface area contributed by atoms with Gasteiger partial charge in [0.2, 0.25) is 11.9 Å². The Morgan fingerprint density at radius 3 is 2.59 bits per heavy atom. The molecule has 4 rings (SSSR count). The molecule has 37 heavy (non-hydrogen) atoms. The third-order valence-electron chi connectivity index (χ3n) is 5.52. The largest absolute Gasteiger partial charge is 0.508 e. The van der Waals surface area contributed by atoms with E-state index in [-0.39, 0.29) is 71.0 Å². The third kappa shape index (κ3) is 5.70. The summed E-state index contributed by atoms with van der Waals surface area (Å²) in [6.07, 6.45) is 0.952. The predicted molar refractivity (Wildman–Crippen MR) is 142 cm³/mol. The molecule has 0 aliphatic rings. The summed E-state index contributed by atoms with van der Waals surface area (Å²) in [5.41, 5.74) is 0.388. The van der Waals surface area contributed by atoms with E-state index >= 15 is 4.39 Å². The number of aromatic hydroxyl groups is 1. The van der Waals surface area contributed by atoms with Gasteiger partial charge in [0.15, 0.2) is 5.82 Å². The van der Waals surface area contributed by atoms with Crippen molar-refractivity contribution in [1.29, 1.82) is 0 Å². The predicted octanol–water partition coefficient (Wildman–Crippen LogP) is 4.55. The van der Waals surface area contributed by atoms with Crippen LogP contribution in [0.3, 0.4) is 0 Å². The van der Waals surface area contributed by atoms with E-state index in [1.807, 2.05) is 6.07 Å². The average Bonchev–Trinajstić information content (AvgIpc) is 2.86. The van der Waals surface area contributed by atoms with E-state index in [9.17, 15) is 14.7 Å². The van der Waals surface area contributed by atoms with Gasteiger partial charge in [-0.15, -0.1) is 0 Å². The summed E-state index contributed by atoms with van der Waals surface area (Å²) in [5, 5.41) is 29.4. The van der Waals surface area contributed by atoms with Crippen LogP contribution in [0.1, 0.15) is 6.42 Å². The van der Waals surface area contributed by atoms with Gasteiger partial charge in [-0.05, 0) is 40.6 Å². The lowest BCUT2D eigenvalue weighted by Gasteiger charge is -2.16. The number of carbonyl (C=O) groups excluding carboxylic acids is 1. The van der Waals surface area contributed by atoms with Gasteiger partial charge in [-0.3, -0.25) is 9.59 Å². The molecule has 1 aromatic heterocycles. The highest BCUT2D eigenvalue weighted by Crippen LogP contribution is 2.41. The SMILES string of the molecule is C=CC(=O)NCCNc1nc(NCCC(=O)O)nc2c(F)c(-c3cc(O)cc4ccccc34)c(Cl)cc12. The van der Waals surface area contributed by atoms with Gasteiger partial charge in [-0.1, -0.05) is 42.4 Å². The zero-order valence-corrected chi connectivity index (χ0v) is 20.3. The van der Waals surface area contributed by atoms with Crippen molar-refractivity contribution in [2.45, 2.75) is 6.42 Å². The molecule has 0 saturated carbocycles. The van der Waals surface area contributed by atoms with Crippen LogP contribution in [0.25, 0.3) is 32.8 Å². The Kier molecular flexibility index (Phi) is 7.69. The highest BCUT2D eigenvalue weighted by molar-refractivity contribution is 6.35. The second-order valence-corrected chi connectivity index (χ2v) is 8.45. The summed E-state index contributed by atoms with van der Waals surface area (Å²) < 4.78 is 16.2. The van der Waals surface area contributed by atoms with Gasteiger partial charge in [0.25, 0.3) is 0 Å². The molecule has 0 fully saturated rings. The molecule has 0 atom stereocenters. The molecule has 0 radical (unpaired) electrons. The fraction of sp³-hybridized carbons (Fsp3) is 0.154. The number of amides is 1. The number of hydrogen-bond acceptors (Lipinski definition) is 7. The number of fused-ring (bicyclic) bond motifs is 2. The number of aromatic nitrogens is 2. The molecule has 0 spiro atoms. The van der Waals surface area contributed by atoms with E-state index in [4.69, 9.17) is 16.7 Å². The molecule has 0 unspecified atom stereocenters. The molecule has 5 N–H and O–H groups in total. The number of carboxylic acid groups (broad SMARTS) is 1. The van der Waals surface area contributed by atoms with E-state index in [2.05, 4.69) is 32.5 Å². The molecule has 11 heteroatoms. The fourth-order valence-electron chi connectivity index (χ4n) is 3.88. The first kappa shape index (κ1) is 25.6. The fourth-order valence-corrected chi connectivity index (χ4v) is 4.17. The minimum atomic E-state index is -1.01. The Labute approximate surface area is 216 Å². The zero-order chi connectivity index (χ0) is 26.5. The molecule has 0 aliphatic carbocycles. The van der Waals surface area contributed by atoms with Gasteiger partial charge in [-0.2, -0.15) is 4.98 Å². The molecule has 9 nitrogen and oxygen atoms in total. The van der Waals surface area contributed by atoms with Crippen LogP contribution in [0.4, 0.5) is 16.2 Å². The Morgan fingerprint density at radius 1 is 1.05 bits per heavy atom. The summed E-state index contributed by atoms with van der Waals surface area (Å²) in [7, 11) is 0. The number of rotatable bonds is 10. The first-order valence-corrected chi connectivity index (χ1v) is 11.7. The number of phenols is 1. The van der Waals surface area contributed by atoms with E-state index in [1.54, 1.807) is 24.3 Å². The molecule has 0 bridgehead atoms. The summed E-state index contributed by atoms with van der Waals surface area (Å²) in [6, 6.07) is 11.7. The molecular formula is C26H23ClFN5O4. The van der Waals surface area contributed by atoms with Crippen molar-refractivity contribution in [2.24, 2.45) is 0 Å². The van der Waals surface area contributed by atoms with E-state index in [0.29, 0.717) is 16.3 Å². The lowest BCUT2D eigenvalue weighted by molar-refractivity contribution is -0.136.